The van der Waals surface area contributed by atoms with Gasteiger partial charge in [-0.3, -0.25) is 0 Å². The van der Waals surface area contributed by atoms with E-state index in [0.29, 0.717) is 0 Å². The molecule has 0 heterocycles. The van der Waals surface area contributed by atoms with Crippen LogP contribution in [0.4, 0.5) is 35.1 Å². The van der Waals surface area contributed by atoms with E-state index in [0.717, 1.165) is 5.41 Å². The normalized spacial score (nSPS) is 11.8. The molecule has 0 radical (unpaired) electrons. The summed E-state index contributed by atoms with van der Waals surface area (Å²) in [4.78, 5) is -2.16. The van der Waals surface area contributed by atoms with Crippen molar-refractivity contribution in [1.29, 1.82) is 0 Å². The Kier molecular flexibility index (Phi) is 6.77. The van der Waals surface area contributed by atoms with Gasteiger partial charge >= 0.3 is 0 Å². The van der Waals surface area contributed by atoms with Gasteiger partial charge in [0.25, 0.3) is 0 Å². The van der Waals surface area contributed by atoms with Crippen LogP contribution in [-0.2, 0) is 0 Å². The lowest BCUT2D eigenvalue weighted by molar-refractivity contribution is 0.426. The fourth-order valence-corrected chi connectivity index (χ4v) is 4.22. The highest BCUT2D eigenvalue weighted by atomic mass is 32.2. The Bertz CT molecular complexity index is 1080. The summed E-state index contributed by atoms with van der Waals surface area (Å²) in [6.07, 6.45) is 0. The molecular weight excluding hydrogens is 456 g/mol. The number of benzene rings is 3. The Labute approximate surface area is 173 Å². The van der Waals surface area contributed by atoms with Crippen molar-refractivity contribution in [3.63, 3.8) is 0 Å². The van der Waals surface area contributed by atoms with Crippen molar-refractivity contribution >= 4 is 28.4 Å². The van der Waals surface area contributed by atoms with Gasteiger partial charge in [-0.25, -0.2) is 35.1 Å². The molecule has 0 saturated heterocycles. The summed E-state index contributed by atoms with van der Waals surface area (Å²) >= 11 is 0.440. The molecule has 0 fully saturated rings. The monoisotopic (exact) mass is 464 g/mol. The van der Waals surface area contributed by atoms with Crippen molar-refractivity contribution in [2.75, 3.05) is 0 Å². The van der Waals surface area contributed by atoms with E-state index >= 15 is 0 Å². The van der Waals surface area contributed by atoms with Crippen molar-refractivity contribution in [1.82, 2.24) is 0 Å². The third-order valence-electron chi connectivity index (χ3n) is 3.70. The summed E-state index contributed by atoms with van der Waals surface area (Å²) in [7, 11) is 0. The molecule has 0 atom stereocenters. The van der Waals surface area contributed by atoms with Crippen LogP contribution in [0.1, 0.15) is 5.56 Å². The van der Waals surface area contributed by atoms with E-state index in [4.69, 9.17) is 0 Å². The molecular formula is C20H8F8S2. The van der Waals surface area contributed by atoms with Gasteiger partial charge in [0.15, 0.2) is 46.5 Å². The summed E-state index contributed by atoms with van der Waals surface area (Å²) < 4.78 is 110. The van der Waals surface area contributed by atoms with Crippen molar-refractivity contribution < 1.29 is 35.1 Å². The first kappa shape index (κ1) is 22.2. The van der Waals surface area contributed by atoms with Gasteiger partial charge in [-0.15, -0.1) is 0 Å². The summed E-state index contributed by atoms with van der Waals surface area (Å²) in [6, 6.07) is 7.62. The minimum absolute atomic E-state index is 0.0333. The van der Waals surface area contributed by atoms with Gasteiger partial charge in [0, 0.05) is 17.0 Å². The lowest BCUT2D eigenvalue weighted by atomic mass is 10.2. The van der Waals surface area contributed by atoms with E-state index in [-0.39, 0.29) is 46.1 Å². The van der Waals surface area contributed by atoms with Crippen LogP contribution in [0.25, 0.3) is 4.91 Å². The second kappa shape index (κ2) is 9.13. The molecule has 0 unspecified atom stereocenters. The smallest absolute Gasteiger partial charge is 0.175 e. The molecule has 0 N–H and O–H groups in total. The molecule has 0 aromatic heterocycles. The fraction of sp³-hybridized carbons (Fsp3) is 0. The van der Waals surface area contributed by atoms with Crippen LogP contribution in [-0.4, -0.2) is 0 Å². The zero-order valence-electron chi connectivity index (χ0n) is 14.5. The van der Waals surface area contributed by atoms with E-state index in [1.807, 2.05) is 0 Å². The average molecular weight is 464 g/mol. The Hall–Kier alpha value is -2.46. The predicted octanol–water partition coefficient (Wildman–Crippen LogP) is 7.68. The molecule has 10 heteroatoms. The van der Waals surface area contributed by atoms with Crippen LogP contribution in [0, 0.1) is 46.5 Å². The fourth-order valence-electron chi connectivity index (χ4n) is 2.27. The molecule has 3 aromatic rings. The minimum Gasteiger partial charge on any atom is -0.204 e. The molecule has 0 aliphatic rings. The first-order valence-corrected chi connectivity index (χ1v) is 9.66. The lowest BCUT2D eigenvalue weighted by Crippen LogP contribution is -1.98. The molecule has 30 heavy (non-hydrogen) atoms. The van der Waals surface area contributed by atoms with Crippen molar-refractivity contribution in [3.05, 3.63) is 100.0 Å². The Morgan fingerprint density at radius 3 is 1.50 bits per heavy atom. The van der Waals surface area contributed by atoms with Crippen LogP contribution in [0.15, 0.2) is 57.7 Å². The van der Waals surface area contributed by atoms with Gasteiger partial charge in [0.05, 0.1) is 9.79 Å². The number of halogens is 8. The van der Waals surface area contributed by atoms with Crippen LogP contribution < -0.4 is 0 Å². The van der Waals surface area contributed by atoms with Crippen LogP contribution in [0.5, 0.6) is 0 Å². The van der Waals surface area contributed by atoms with Gasteiger partial charge in [-0.2, -0.15) is 0 Å². The van der Waals surface area contributed by atoms with E-state index in [9.17, 15) is 35.1 Å². The third kappa shape index (κ3) is 4.49. The topological polar surface area (TPSA) is 0 Å². The van der Waals surface area contributed by atoms with Crippen molar-refractivity contribution in [2.45, 2.75) is 9.79 Å². The van der Waals surface area contributed by atoms with E-state index in [2.05, 4.69) is 0 Å². The highest BCUT2D eigenvalue weighted by Gasteiger charge is 2.23. The highest BCUT2D eigenvalue weighted by molar-refractivity contribution is 8.10. The molecule has 3 aromatic carbocycles. The Balaban J connectivity index is 2.09. The number of rotatable bonds is 5. The third-order valence-corrected chi connectivity index (χ3v) is 5.93. The van der Waals surface area contributed by atoms with Gasteiger partial charge < -0.3 is 0 Å². The SMILES string of the molecule is Fc1cc(F)c(F)c(S/C=C(\Sc2c(F)c(F)cc(F)c2F)c2ccccc2)c1F. The molecule has 0 spiro atoms. The molecule has 0 amide bonds. The molecule has 0 saturated carbocycles. The first-order valence-electron chi connectivity index (χ1n) is 7.96. The van der Waals surface area contributed by atoms with E-state index < -0.39 is 56.3 Å². The maximum absolute atomic E-state index is 14.1. The number of hydrogen-bond acceptors (Lipinski definition) is 2. The first-order chi connectivity index (χ1) is 14.2. The van der Waals surface area contributed by atoms with Crippen LogP contribution in [0.3, 0.4) is 0 Å². The van der Waals surface area contributed by atoms with Gasteiger partial charge in [-0.1, -0.05) is 53.9 Å². The molecule has 0 nitrogen and oxygen atoms in total. The van der Waals surface area contributed by atoms with Crippen molar-refractivity contribution in [3.8, 4) is 0 Å². The zero-order valence-corrected chi connectivity index (χ0v) is 16.1. The number of thioether (sulfide) groups is 2. The summed E-state index contributed by atoms with van der Waals surface area (Å²) in [5.74, 6) is -13.2. The molecule has 0 aliphatic heterocycles. The highest BCUT2D eigenvalue weighted by Crippen LogP contribution is 2.41. The minimum atomic E-state index is -1.67. The summed E-state index contributed by atoms with van der Waals surface area (Å²) in [6.45, 7) is 0. The second-order valence-corrected chi connectivity index (χ2v) is 7.59. The summed E-state index contributed by atoms with van der Waals surface area (Å²) in [5.41, 5.74) is 0.260. The van der Waals surface area contributed by atoms with Crippen LogP contribution in [0.2, 0.25) is 0 Å². The molecule has 3 rings (SSSR count). The second-order valence-electron chi connectivity index (χ2n) is 5.66. The maximum atomic E-state index is 14.1. The standard InChI is InChI=1S/C20H8F8S2/c21-10-6-11(22)16(26)19(15(10)25)29-8-14(9-4-2-1-3-5-9)30-20-17(27)12(23)7-13(24)18(20)28/h1-8H/b14-8-. The predicted molar refractivity (Wildman–Crippen MR) is 98.7 cm³/mol. The largest absolute Gasteiger partial charge is 0.204 e. The zero-order chi connectivity index (χ0) is 22.0. The average Bonchev–Trinajstić information content (AvgIpc) is 2.73. The van der Waals surface area contributed by atoms with E-state index in [1.54, 1.807) is 6.07 Å². The maximum Gasteiger partial charge on any atom is 0.175 e. The number of hydrogen-bond donors (Lipinski definition) is 0. The quantitative estimate of drug-likeness (QED) is 0.216. The van der Waals surface area contributed by atoms with E-state index in [1.165, 1.54) is 24.3 Å². The molecule has 0 bridgehead atoms. The Morgan fingerprint density at radius 1 is 0.600 bits per heavy atom. The van der Waals surface area contributed by atoms with Crippen molar-refractivity contribution in [2.24, 2.45) is 0 Å². The Morgan fingerprint density at radius 2 is 1.03 bits per heavy atom. The van der Waals surface area contributed by atoms with Crippen LogP contribution >= 0.6 is 23.5 Å². The molecule has 0 aliphatic carbocycles. The lowest BCUT2D eigenvalue weighted by Gasteiger charge is -2.11. The van der Waals surface area contributed by atoms with Gasteiger partial charge in [0.1, 0.15) is 0 Å². The molecule has 156 valence electrons. The van der Waals surface area contributed by atoms with Gasteiger partial charge in [-0.05, 0) is 11.0 Å². The van der Waals surface area contributed by atoms with Gasteiger partial charge in [0.2, 0.25) is 0 Å². The summed E-state index contributed by atoms with van der Waals surface area (Å²) in [5, 5.41) is 0.960.